The largest absolute Gasteiger partial charge is 0.393 e. The van der Waals surface area contributed by atoms with Crippen LogP contribution < -0.4 is 5.73 Å². The Labute approximate surface area is 132 Å². The summed E-state index contributed by atoms with van der Waals surface area (Å²) in [6, 6.07) is 12.5. The summed E-state index contributed by atoms with van der Waals surface area (Å²) in [5.74, 6) is 0.608. The summed E-state index contributed by atoms with van der Waals surface area (Å²) in [5, 5.41) is 1.18. The molecular weight excluding hydrogens is 278 g/mol. The van der Waals surface area contributed by atoms with Gasteiger partial charge in [0.1, 0.15) is 0 Å². The Balaban J connectivity index is 2.10. The first-order valence-corrected chi connectivity index (χ1v) is 7.81. The van der Waals surface area contributed by atoms with E-state index in [-0.39, 0.29) is 0 Å². The molecule has 0 aliphatic heterocycles. The van der Waals surface area contributed by atoms with Crippen LogP contribution in [-0.4, -0.2) is 28.0 Å². The number of hydrogen-bond acceptors (Lipinski definition) is 3. The van der Waals surface area contributed by atoms with Crippen LogP contribution in [0.3, 0.4) is 0 Å². The van der Waals surface area contributed by atoms with Crippen molar-refractivity contribution in [3.05, 3.63) is 42.1 Å². The quantitative estimate of drug-likeness (QED) is 0.796. The van der Waals surface area contributed by atoms with Crippen LogP contribution in [-0.2, 0) is 6.54 Å². The minimum atomic E-state index is 0.579. The Kier molecular flexibility index (Phi) is 5.65. The topological polar surface area (TPSA) is 42.1 Å². The van der Waals surface area contributed by atoms with Crippen LogP contribution in [0, 0.1) is 5.92 Å². The number of benzene rings is 1. The maximum Gasteiger partial charge on any atom is 0.0740 e. The molecule has 0 spiro atoms. The van der Waals surface area contributed by atoms with Gasteiger partial charge in [-0.05, 0) is 18.1 Å². The maximum absolute atomic E-state index is 5.63. The van der Waals surface area contributed by atoms with Crippen molar-refractivity contribution >= 4 is 28.1 Å². The van der Waals surface area contributed by atoms with E-state index >= 15 is 0 Å². The van der Waals surface area contributed by atoms with Crippen molar-refractivity contribution in [1.82, 2.24) is 9.88 Å². The lowest BCUT2D eigenvalue weighted by molar-refractivity contribution is 0.240. The van der Waals surface area contributed by atoms with Crippen LogP contribution in [0.1, 0.15) is 26.0 Å². The third kappa shape index (κ3) is 5.06. The second-order valence-electron chi connectivity index (χ2n) is 5.84. The maximum atomic E-state index is 5.63. The lowest BCUT2D eigenvalue weighted by Crippen LogP contribution is -2.31. The van der Waals surface area contributed by atoms with Crippen LogP contribution in [0.2, 0.25) is 0 Å². The molecule has 0 radical (unpaired) electrons. The van der Waals surface area contributed by atoms with E-state index in [1.165, 1.54) is 5.39 Å². The van der Waals surface area contributed by atoms with Gasteiger partial charge in [0.15, 0.2) is 0 Å². The first-order chi connectivity index (χ1) is 10.0. The van der Waals surface area contributed by atoms with E-state index in [0.29, 0.717) is 10.9 Å². The molecule has 2 aromatic rings. The van der Waals surface area contributed by atoms with Crippen molar-refractivity contribution in [3.63, 3.8) is 0 Å². The molecule has 1 aromatic carbocycles. The second-order valence-corrected chi connectivity index (χ2v) is 6.36. The van der Waals surface area contributed by atoms with Gasteiger partial charge >= 0.3 is 0 Å². The summed E-state index contributed by atoms with van der Waals surface area (Å²) in [6.45, 7) is 7.20. The molecule has 1 aromatic heterocycles. The van der Waals surface area contributed by atoms with Gasteiger partial charge in [0.25, 0.3) is 0 Å². The average Bonchev–Trinajstić information content (AvgIpc) is 2.44. The molecule has 4 heteroatoms. The first-order valence-electron chi connectivity index (χ1n) is 7.40. The molecule has 0 fully saturated rings. The zero-order valence-electron chi connectivity index (χ0n) is 12.7. The molecule has 0 saturated carbocycles. The van der Waals surface area contributed by atoms with Gasteiger partial charge in [-0.1, -0.05) is 50.3 Å². The number of para-hydroxylation sites is 1. The van der Waals surface area contributed by atoms with Crippen molar-refractivity contribution in [2.45, 2.75) is 26.8 Å². The summed E-state index contributed by atoms with van der Waals surface area (Å²) in [7, 11) is 0. The van der Waals surface area contributed by atoms with Crippen LogP contribution in [0.5, 0.6) is 0 Å². The van der Waals surface area contributed by atoms with Gasteiger partial charge in [-0.25, -0.2) is 0 Å². The SMILES string of the molecule is CC(C)CN(CCC(N)=S)Cc1ccc2ccccc2n1. The third-order valence-corrected chi connectivity index (χ3v) is 3.54. The van der Waals surface area contributed by atoms with Gasteiger partial charge in [-0.2, -0.15) is 0 Å². The normalized spacial score (nSPS) is 11.4. The summed E-state index contributed by atoms with van der Waals surface area (Å²) < 4.78 is 0. The van der Waals surface area contributed by atoms with Gasteiger partial charge in [-0.15, -0.1) is 0 Å². The van der Waals surface area contributed by atoms with Gasteiger partial charge in [0, 0.05) is 31.4 Å². The molecule has 0 aliphatic rings. The lowest BCUT2D eigenvalue weighted by atomic mass is 10.1. The summed E-state index contributed by atoms with van der Waals surface area (Å²) in [4.78, 5) is 7.70. The fourth-order valence-electron chi connectivity index (χ4n) is 2.44. The van der Waals surface area contributed by atoms with E-state index in [0.717, 1.165) is 37.3 Å². The molecule has 0 bridgehead atoms. The van der Waals surface area contributed by atoms with Crippen molar-refractivity contribution in [1.29, 1.82) is 0 Å². The van der Waals surface area contributed by atoms with Crippen molar-refractivity contribution < 1.29 is 0 Å². The minimum Gasteiger partial charge on any atom is -0.393 e. The number of fused-ring (bicyclic) bond motifs is 1. The highest BCUT2D eigenvalue weighted by Gasteiger charge is 2.10. The number of pyridine rings is 1. The fraction of sp³-hybridized carbons (Fsp3) is 0.412. The number of rotatable bonds is 7. The Hall–Kier alpha value is -1.52. The highest BCUT2D eigenvalue weighted by Crippen LogP contribution is 2.14. The number of nitrogens with two attached hydrogens (primary N) is 1. The highest BCUT2D eigenvalue weighted by atomic mass is 32.1. The molecule has 3 nitrogen and oxygen atoms in total. The average molecular weight is 301 g/mol. The lowest BCUT2D eigenvalue weighted by Gasteiger charge is -2.23. The summed E-state index contributed by atoms with van der Waals surface area (Å²) in [5.41, 5.74) is 7.77. The molecule has 2 rings (SSSR count). The molecule has 2 N–H and O–H groups in total. The van der Waals surface area contributed by atoms with Crippen molar-refractivity contribution in [3.8, 4) is 0 Å². The third-order valence-electron chi connectivity index (χ3n) is 3.34. The molecule has 0 amide bonds. The number of thiocarbonyl (C=S) groups is 1. The zero-order chi connectivity index (χ0) is 15.2. The predicted molar refractivity (Wildman–Crippen MR) is 93.3 cm³/mol. The number of aromatic nitrogens is 1. The van der Waals surface area contributed by atoms with Gasteiger partial charge in [0.05, 0.1) is 16.2 Å². The van der Waals surface area contributed by atoms with Crippen molar-refractivity contribution in [2.75, 3.05) is 13.1 Å². The van der Waals surface area contributed by atoms with Gasteiger partial charge < -0.3 is 5.73 Å². The van der Waals surface area contributed by atoms with E-state index in [4.69, 9.17) is 22.9 Å². The standard InChI is InChI=1S/C17H23N3S/c1-13(2)11-20(10-9-17(18)21)12-15-8-7-14-5-3-4-6-16(14)19-15/h3-8,13H,9-12H2,1-2H3,(H2,18,21). The molecule has 21 heavy (non-hydrogen) atoms. The van der Waals surface area contributed by atoms with E-state index in [9.17, 15) is 0 Å². The number of hydrogen-bond donors (Lipinski definition) is 1. The van der Waals surface area contributed by atoms with E-state index in [1.807, 2.05) is 12.1 Å². The van der Waals surface area contributed by atoms with Gasteiger partial charge in [0.2, 0.25) is 0 Å². The fourth-order valence-corrected chi connectivity index (χ4v) is 2.54. The molecule has 0 aliphatic carbocycles. The van der Waals surface area contributed by atoms with Crippen LogP contribution in [0.15, 0.2) is 36.4 Å². The van der Waals surface area contributed by atoms with Crippen LogP contribution in [0.25, 0.3) is 10.9 Å². The molecule has 0 atom stereocenters. The Bertz CT molecular complexity index is 610. The van der Waals surface area contributed by atoms with E-state index in [1.54, 1.807) is 0 Å². The molecule has 1 heterocycles. The van der Waals surface area contributed by atoms with Crippen molar-refractivity contribution in [2.24, 2.45) is 11.7 Å². The van der Waals surface area contributed by atoms with E-state index in [2.05, 4.69) is 43.0 Å². The first kappa shape index (κ1) is 15.9. The summed E-state index contributed by atoms with van der Waals surface area (Å²) >= 11 is 4.99. The molecule has 112 valence electrons. The van der Waals surface area contributed by atoms with Gasteiger partial charge in [-0.3, -0.25) is 9.88 Å². The zero-order valence-corrected chi connectivity index (χ0v) is 13.6. The van der Waals surface area contributed by atoms with Crippen LogP contribution in [0.4, 0.5) is 0 Å². The molecule has 0 unspecified atom stereocenters. The summed E-state index contributed by atoms with van der Waals surface area (Å²) in [6.07, 6.45) is 0.760. The van der Waals surface area contributed by atoms with E-state index < -0.39 is 0 Å². The molecular formula is C17H23N3S. The van der Waals surface area contributed by atoms with Crippen LogP contribution >= 0.6 is 12.2 Å². The highest BCUT2D eigenvalue weighted by molar-refractivity contribution is 7.80. The Morgan fingerprint density at radius 1 is 1.24 bits per heavy atom. The Morgan fingerprint density at radius 2 is 2.00 bits per heavy atom. The molecule has 0 saturated heterocycles. The second kappa shape index (κ2) is 7.48. The minimum absolute atomic E-state index is 0.579. The predicted octanol–water partition coefficient (Wildman–Crippen LogP) is 3.37. The smallest absolute Gasteiger partial charge is 0.0740 e. The Morgan fingerprint density at radius 3 is 2.71 bits per heavy atom. The monoisotopic (exact) mass is 301 g/mol. The number of nitrogens with zero attached hydrogens (tertiary/aromatic N) is 2.